The highest BCUT2D eigenvalue weighted by atomic mass is 32.1. The van der Waals surface area contributed by atoms with Crippen LogP contribution >= 0.6 is 11.3 Å². The van der Waals surface area contributed by atoms with Crippen molar-refractivity contribution in [1.82, 2.24) is 9.97 Å². The smallest absolute Gasteiger partial charge is 0.123 e. The number of nitrogens with two attached hydrogens (primary N) is 1. The predicted octanol–water partition coefficient (Wildman–Crippen LogP) is 3.01. The highest BCUT2D eigenvalue weighted by Crippen LogP contribution is 2.24. The first-order chi connectivity index (χ1) is 7.95. The number of pyridine rings is 1. The molecule has 2 heterocycles. The van der Waals surface area contributed by atoms with Crippen molar-refractivity contribution in [3.05, 3.63) is 40.0 Å². The van der Waals surface area contributed by atoms with E-state index in [0.717, 1.165) is 22.8 Å². The summed E-state index contributed by atoms with van der Waals surface area (Å²) in [6.07, 6.45) is 0.756. The Kier molecular flexibility index (Phi) is 3.15. The average Bonchev–Trinajstić information content (AvgIpc) is 2.65. The van der Waals surface area contributed by atoms with Crippen LogP contribution in [0.1, 0.15) is 37.2 Å². The van der Waals surface area contributed by atoms with Gasteiger partial charge in [0.15, 0.2) is 0 Å². The lowest BCUT2D eigenvalue weighted by Gasteiger charge is -2.14. The van der Waals surface area contributed by atoms with Gasteiger partial charge in [0.05, 0.1) is 10.7 Å². The van der Waals surface area contributed by atoms with Crippen molar-refractivity contribution >= 4 is 17.2 Å². The zero-order valence-corrected chi connectivity index (χ0v) is 11.2. The van der Waals surface area contributed by atoms with Gasteiger partial charge in [0.1, 0.15) is 5.82 Å². The number of hydrogen-bond acceptors (Lipinski definition) is 4. The molecule has 0 aliphatic rings. The van der Waals surface area contributed by atoms with E-state index in [1.165, 1.54) is 0 Å². The molecule has 0 aliphatic heterocycles. The van der Waals surface area contributed by atoms with Crippen molar-refractivity contribution in [3.8, 4) is 0 Å². The van der Waals surface area contributed by atoms with Crippen LogP contribution in [0.15, 0.2) is 23.6 Å². The van der Waals surface area contributed by atoms with Gasteiger partial charge in [-0.1, -0.05) is 26.8 Å². The van der Waals surface area contributed by atoms with Gasteiger partial charge in [-0.3, -0.25) is 0 Å². The molecule has 2 N–H and O–H groups in total. The van der Waals surface area contributed by atoms with E-state index in [9.17, 15) is 0 Å². The summed E-state index contributed by atoms with van der Waals surface area (Å²) in [7, 11) is 0. The molecule has 0 saturated carbocycles. The van der Waals surface area contributed by atoms with E-state index in [1.54, 1.807) is 17.4 Å². The molecule has 0 amide bonds. The van der Waals surface area contributed by atoms with E-state index in [1.807, 2.05) is 12.1 Å². The number of anilines is 1. The van der Waals surface area contributed by atoms with Crippen LogP contribution in [0.3, 0.4) is 0 Å². The van der Waals surface area contributed by atoms with Crippen LogP contribution < -0.4 is 5.73 Å². The van der Waals surface area contributed by atoms with Crippen LogP contribution in [0.4, 0.5) is 5.82 Å². The molecular formula is C13H17N3S. The molecular weight excluding hydrogens is 230 g/mol. The molecule has 0 radical (unpaired) electrons. The predicted molar refractivity (Wildman–Crippen MR) is 72.3 cm³/mol. The van der Waals surface area contributed by atoms with Crippen molar-refractivity contribution in [3.63, 3.8) is 0 Å². The number of aromatic nitrogens is 2. The van der Waals surface area contributed by atoms with Gasteiger partial charge in [-0.15, -0.1) is 11.3 Å². The van der Waals surface area contributed by atoms with Crippen molar-refractivity contribution in [1.29, 1.82) is 0 Å². The van der Waals surface area contributed by atoms with Gasteiger partial charge in [0, 0.05) is 22.9 Å². The maximum absolute atomic E-state index is 5.66. The summed E-state index contributed by atoms with van der Waals surface area (Å²) in [5.41, 5.74) is 7.88. The second-order valence-corrected chi connectivity index (χ2v) is 6.05. The van der Waals surface area contributed by atoms with Crippen molar-refractivity contribution in [2.24, 2.45) is 0 Å². The lowest BCUT2D eigenvalue weighted by Crippen LogP contribution is -2.11. The minimum Gasteiger partial charge on any atom is -0.384 e. The Hall–Kier alpha value is -1.42. The Bertz CT molecular complexity index is 511. The molecule has 4 heteroatoms. The summed E-state index contributed by atoms with van der Waals surface area (Å²) in [5, 5.41) is 3.22. The lowest BCUT2D eigenvalue weighted by atomic mass is 9.93. The number of nitrogens with zero attached hydrogens (tertiary/aromatic N) is 2. The summed E-state index contributed by atoms with van der Waals surface area (Å²) in [6, 6.07) is 5.70. The van der Waals surface area contributed by atoms with Crippen LogP contribution in [-0.4, -0.2) is 9.97 Å². The minimum atomic E-state index is 0.109. The molecule has 3 nitrogen and oxygen atoms in total. The molecule has 2 rings (SSSR count). The van der Waals surface area contributed by atoms with Gasteiger partial charge in [-0.05, 0) is 12.1 Å². The molecule has 0 bridgehead atoms. The topological polar surface area (TPSA) is 51.8 Å². The molecule has 90 valence electrons. The van der Waals surface area contributed by atoms with E-state index < -0.39 is 0 Å². The zero-order chi connectivity index (χ0) is 12.5. The highest BCUT2D eigenvalue weighted by molar-refractivity contribution is 7.09. The molecule has 0 atom stereocenters. The van der Waals surface area contributed by atoms with Crippen molar-refractivity contribution < 1.29 is 0 Å². The first-order valence-electron chi connectivity index (χ1n) is 5.61. The summed E-state index contributed by atoms with van der Waals surface area (Å²) in [5.74, 6) is 0.565. The zero-order valence-electron chi connectivity index (χ0n) is 10.4. The van der Waals surface area contributed by atoms with E-state index in [0.29, 0.717) is 5.82 Å². The first-order valence-corrected chi connectivity index (χ1v) is 6.49. The van der Waals surface area contributed by atoms with Crippen molar-refractivity contribution in [2.75, 3.05) is 5.73 Å². The monoisotopic (exact) mass is 247 g/mol. The second kappa shape index (κ2) is 4.45. The van der Waals surface area contributed by atoms with Gasteiger partial charge in [-0.25, -0.2) is 9.97 Å². The van der Waals surface area contributed by atoms with E-state index in [2.05, 4.69) is 36.1 Å². The summed E-state index contributed by atoms with van der Waals surface area (Å²) >= 11 is 1.69. The summed E-state index contributed by atoms with van der Waals surface area (Å²) < 4.78 is 0. The van der Waals surface area contributed by atoms with E-state index in [4.69, 9.17) is 5.73 Å². The fourth-order valence-corrected chi connectivity index (χ4v) is 2.52. The third kappa shape index (κ3) is 3.03. The average molecular weight is 247 g/mol. The number of nitrogen functional groups attached to an aromatic ring is 1. The minimum absolute atomic E-state index is 0.109. The highest BCUT2D eigenvalue weighted by Gasteiger charge is 2.17. The van der Waals surface area contributed by atoms with Crippen LogP contribution in [0, 0.1) is 0 Å². The largest absolute Gasteiger partial charge is 0.384 e. The molecule has 2 aromatic rings. The molecule has 17 heavy (non-hydrogen) atoms. The van der Waals surface area contributed by atoms with Gasteiger partial charge in [0.25, 0.3) is 0 Å². The number of thiazole rings is 1. The molecule has 0 unspecified atom stereocenters. The third-order valence-electron chi connectivity index (χ3n) is 2.48. The summed E-state index contributed by atoms with van der Waals surface area (Å²) in [4.78, 5) is 8.93. The van der Waals surface area contributed by atoms with Gasteiger partial charge in [-0.2, -0.15) is 0 Å². The fraction of sp³-hybridized carbons (Fsp3) is 0.385. The van der Waals surface area contributed by atoms with Crippen molar-refractivity contribution in [2.45, 2.75) is 32.6 Å². The maximum atomic E-state index is 5.66. The fourth-order valence-electron chi connectivity index (χ4n) is 1.49. The Morgan fingerprint density at radius 3 is 2.59 bits per heavy atom. The Balaban J connectivity index is 2.17. The van der Waals surface area contributed by atoms with Gasteiger partial charge < -0.3 is 5.73 Å². The van der Waals surface area contributed by atoms with Crippen LogP contribution in [-0.2, 0) is 11.8 Å². The molecule has 0 aromatic carbocycles. The molecule has 0 fully saturated rings. The van der Waals surface area contributed by atoms with Gasteiger partial charge >= 0.3 is 0 Å². The van der Waals surface area contributed by atoms with Crippen LogP contribution in [0.2, 0.25) is 0 Å². The van der Waals surface area contributed by atoms with Crippen LogP contribution in [0.25, 0.3) is 0 Å². The van der Waals surface area contributed by atoms with Crippen LogP contribution in [0.5, 0.6) is 0 Å². The molecule has 0 spiro atoms. The third-order valence-corrected chi connectivity index (χ3v) is 3.33. The standard InChI is InChI=1S/C13H17N3S/c1-13(2,3)10-8-17-12(16-10)7-9-5-4-6-11(14)15-9/h4-6,8H,7H2,1-3H3,(H2,14,15). The molecule has 0 aliphatic carbocycles. The molecule has 0 saturated heterocycles. The quantitative estimate of drug-likeness (QED) is 0.887. The van der Waals surface area contributed by atoms with E-state index in [-0.39, 0.29) is 5.41 Å². The lowest BCUT2D eigenvalue weighted by molar-refractivity contribution is 0.571. The first kappa shape index (κ1) is 12.0. The molecule has 2 aromatic heterocycles. The van der Waals surface area contributed by atoms with E-state index >= 15 is 0 Å². The maximum Gasteiger partial charge on any atom is 0.123 e. The summed E-state index contributed by atoms with van der Waals surface area (Å²) in [6.45, 7) is 6.51. The number of hydrogen-bond donors (Lipinski definition) is 1. The Morgan fingerprint density at radius 1 is 1.24 bits per heavy atom. The Morgan fingerprint density at radius 2 is 2.00 bits per heavy atom. The van der Waals surface area contributed by atoms with Gasteiger partial charge in [0.2, 0.25) is 0 Å². The number of rotatable bonds is 2. The Labute approximate surface area is 106 Å². The normalized spacial score (nSPS) is 11.7. The SMILES string of the molecule is CC(C)(C)c1csc(Cc2cccc(N)n2)n1. The second-order valence-electron chi connectivity index (χ2n) is 5.11.